The molecule has 0 spiro atoms. The molecule has 0 aliphatic carbocycles. The Morgan fingerprint density at radius 1 is 1.17 bits per heavy atom. The lowest BCUT2D eigenvalue weighted by atomic mass is 10.2. The molecule has 0 fully saturated rings. The highest BCUT2D eigenvalue weighted by Crippen LogP contribution is 2.25. The van der Waals surface area contributed by atoms with E-state index in [4.69, 9.17) is 27.6 Å². The first kappa shape index (κ1) is 16.4. The third-order valence-electron chi connectivity index (χ3n) is 3.22. The fourth-order valence-corrected chi connectivity index (χ4v) is 2.35. The maximum absolute atomic E-state index is 12.2. The summed E-state index contributed by atoms with van der Waals surface area (Å²) in [6.45, 7) is 0.540. The number of aromatic nitrogens is 1. The van der Waals surface area contributed by atoms with E-state index in [9.17, 15) is 4.79 Å². The normalized spacial score (nSPS) is 10.4. The van der Waals surface area contributed by atoms with E-state index < -0.39 is 0 Å². The second-order valence-electron chi connectivity index (χ2n) is 4.94. The van der Waals surface area contributed by atoms with E-state index in [0.717, 1.165) is 11.4 Å². The van der Waals surface area contributed by atoms with E-state index >= 15 is 0 Å². The first-order chi connectivity index (χ1) is 11.6. The molecule has 3 rings (SSSR count). The minimum Gasteiger partial charge on any atom is -0.467 e. The molecule has 24 heavy (non-hydrogen) atoms. The Morgan fingerprint density at radius 3 is 2.75 bits per heavy atom. The van der Waals surface area contributed by atoms with Crippen LogP contribution in [-0.4, -0.2) is 10.9 Å². The van der Waals surface area contributed by atoms with Crippen LogP contribution in [0.5, 0.6) is 0 Å². The van der Waals surface area contributed by atoms with Gasteiger partial charge in [0.05, 0.1) is 35.4 Å². The fraction of sp³-hybridized carbons (Fsp3) is 0.0588. The zero-order chi connectivity index (χ0) is 16.9. The average molecular weight is 362 g/mol. The Balaban J connectivity index is 1.64. The monoisotopic (exact) mass is 361 g/mol. The first-order valence-electron chi connectivity index (χ1n) is 7.10. The summed E-state index contributed by atoms with van der Waals surface area (Å²) in [5.74, 6) is 0.448. The standard InChI is InChI=1S/C17H13Cl2N3O2/c18-11-3-5-14(19)16(8-11)22-17(23)15-6-4-12(9-21-15)20-10-13-2-1-7-24-13/h1-9,20H,10H2,(H,22,23). The molecule has 0 aliphatic heterocycles. The molecule has 2 heterocycles. The highest BCUT2D eigenvalue weighted by atomic mass is 35.5. The van der Waals surface area contributed by atoms with Gasteiger partial charge in [-0.2, -0.15) is 0 Å². The van der Waals surface area contributed by atoms with Gasteiger partial charge in [0.25, 0.3) is 5.91 Å². The number of benzene rings is 1. The van der Waals surface area contributed by atoms with Crippen LogP contribution in [0.1, 0.15) is 16.2 Å². The van der Waals surface area contributed by atoms with Crippen molar-refractivity contribution in [3.63, 3.8) is 0 Å². The van der Waals surface area contributed by atoms with E-state index in [1.54, 1.807) is 42.8 Å². The number of hydrogen-bond donors (Lipinski definition) is 2. The molecule has 2 N–H and O–H groups in total. The Bertz CT molecular complexity index is 834. The highest BCUT2D eigenvalue weighted by Gasteiger charge is 2.10. The molecule has 0 unspecified atom stereocenters. The van der Waals surface area contributed by atoms with Crippen molar-refractivity contribution in [2.45, 2.75) is 6.54 Å². The molecule has 0 atom stereocenters. The zero-order valence-corrected chi connectivity index (χ0v) is 13.9. The number of hydrogen-bond acceptors (Lipinski definition) is 4. The molecule has 122 valence electrons. The van der Waals surface area contributed by atoms with Crippen molar-refractivity contribution >= 4 is 40.5 Å². The summed E-state index contributed by atoms with van der Waals surface area (Å²) in [5, 5.41) is 6.73. The smallest absolute Gasteiger partial charge is 0.274 e. The average Bonchev–Trinajstić information content (AvgIpc) is 3.10. The molecule has 5 nitrogen and oxygen atoms in total. The highest BCUT2D eigenvalue weighted by molar-refractivity contribution is 6.35. The van der Waals surface area contributed by atoms with Crippen LogP contribution >= 0.6 is 23.2 Å². The SMILES string of the molecule is O=C(Nc1cc(Cl)ccc1Cl)c1ccc(NCc2ccco2)cn1. The maximum Gasteiger partial charge on any atom is 0.274 e. The molecule has 0 aliphatic rings. The summed E-state index contributed by atoms with van der Waals surface area (Å²) < 4.78 is 5.23. The molecule has 3 aromatic rings. The van der Waals surface area contributed by atoms with Crippen LogP contribution in [0.3, 0.4) is 0 Å². The molecule has 1 aromatic carbocycles. The number of amides is 1. The van der Waals surface area contributed by atoms with Gasteiger partial charge in [-0.1, -0.05) is 23.2 Å². The molecule has 0 saturated carbocycles. The van der Waals surface area contributed by atoms with Gasteiger partial charge >= 0.3 is 0 Å². The summed E-state index contributed by atoms with van der Waals surface area (Å²) in [6.07, 6.45) is 3.20. The third kappa shape index (κ3) is 4.07. The van der Waals surface area contributed by atoms with Gasteiger partial charge in [0, 0.05) is 5.02 Å². The van der Waals surface area contributed by atoms with Crippen LogP contribution in [0.25, 0.3) is 0 Å². The zero-order valence-electron chi connectivity index (χ0n) is 12.4. The van der Waals surface area contributed by atoms with Crippen molar-refractivity contribution in [1.29, 1.82) is 0 Å². The maximum atomic E-state index is 12.2. The van der Waals surface area contributed by atoms with Crippen LogP contribution in [0.15, 0.2) is 59.3 Å². The molecular formula is C17H13Cl2N3O2. The second kappa shape index (κ2) is 7.38. The molecular weight excluding hydrogens is 349 g/mol. The summed E-state index contributed by atoms with van der Waals surface area (Å²) in [7, 11) is 0. The first-order valence-corrected chi connectivity index (χ1v) is 7.86. The van der Waals surface area contributed by atoms with Gasteiger partial charge in [-0.3, -0.25) is 4.79 Å². The van der Waals surface area contributed by atoms with Crippen LogP contribution in [0.4, 0.5) is 11.4 Å². The Labute approximate surface area is 148 Å². The van der Waals surface area contributed by atoms with Gasteiger partial charge in [0.2, 0.25) is 0 Å². The van der Waals surface area contributed by atoms with Gasteiger partial charge in [-0.05, 0) is 42.5 Å². The predicted octanol–water partition coefficient (Wildman–Crippen LogP) is 4.85. The number of carbonyl (C=O) groups is 1. The predicted molar refractivity (Wildman–Crippen MR) is 94.7 cm³/mol. The molecule has 0 bridgehead atoms. The fourth-order valence-electron chi connectivity index (χ4n) is 2.01. The molecule has 0 saturated heterocycles. The number of nitrogens with one attached hydrogen (secondary N) is 2. The summed E-state index contributed by atoms with van der Waals surface area (Å²) in [4.78, 5) is 16.4. The molecule has 1 amide bonds. The van der Waals surface area contributed by atoms with E-state index in [2.05, 4.69) is 15.6 Å². The van der Waals surface area contributed by atoms with E-state index in [1.165, 1.54) is 0 Å². The van der Waals surface area contributed by atoms with Crippen LogP contribution in [0.2, 0.25) is 10.0 Å². The van der Waals surface area contributed by atoms with Gasteiger partial charge in [0.1, 0.15) is 11.5 Å². The van der Waals surface area contributed by atoms with E-state index in [0.29, 0.717) is 22.3 Å². The Hall–Kier alpha value is -2.50. The lowest BCUT2D eigenvalue weighted by molar-refractivity contribution is 0.102. The minimum atomic E-state index is -0.364. The van der Waals surface area contributed by atoms with Crippen molar-refractivity contribution in [3.8, 4) is 0 Å². The number of anilines is 2. The van der Waals surface area contributed by atoms with Crippen LogP contribution < -0.4 is 10.6 Å². The largest absolute Gasteiger partial charge is 0.467 e. The number of rotatable bonds is 5. The summed E-state index contributed by atoms with van der Waals surface area (Å²) in [6, 6.07) is 11.9. The van der Waals surface area contributed by atoms with Gasteiger partial charge < -0.3 is 15.1 Å². The number of furan rings is 1. The number of nitrogens with zero attached hydrogens (tertiary/aromatic N) is 1. The van der Waals surface area contributed by atoms with Crippen molar-refractivity contribution in [1.82, 2.24) is 4.98 Å². The van der Waals surface area contributed by atoms with Crippen LogP contribution in [-0.2, 0) is 6.54 Å². The number of pyridine rings is 1. The van der Waals surface area contributed by atoms with Gasteiger partial charge in [-0.25, -0.2) is 4.98 Å². The van der Waals surface area contributed by atoms with Crippen molar-refractivity contribution in [3.05, 3.63) is 76.4 Å². The van der Waals surface area contributed by atoms with Crippen LogP contribution in [0, 0.1) is 0 Å². The Kier molecular flexibility index (Phi) is 5.03. The summed E-state index contributed by atoms with van der Waals surface area (Å²) >= 11 is 11.9. The number of halogens is 2. The van der Waals surface area contributed by atoms with E-state index in [1.807, 2.05) is 12.1 Å². The molecule has 7 heteroatoms. The van der Waals surface area contributed by atoms with Crippen molar-refractivity contribution in [2.24, 2.45) is 0 Å². The van der Waals surface area contributed by atoms with Crippen molar-refractivity contribution in [2.75, 3.05) is 10.6 Å². The topological polar surface area (TPSA) is 67.2 Å². The lowest BCUT2D eigenvalue weighted by Crippen LogP contribution is -2.14. The molecule has 0 radical (unpaired) electrons. The lowest BCUT2D eigenvalue weighted by Gasteiger charge is -2.08. The minimum absolute atomic E-state index is 0.273. The number of carbonyl (C=O) groups excluding carboxylic acids is 1. The van der Waals surface area contributed by atoms with Gasteiger partial charge in [0.15, 0.2) is 0 Å². The third-order valence-corrected chi connectivity index (χ3v) is 3.78. The van der Waals surface area contributed by atoms with Crippen molar-refractivity contribution < 1.29 is 9.21 Å². The van der Waals surface area contributed by atoms with Gasteiger partial charge in [-0.15, -0.1) is 0 Å². The second-order valence-corrected chi connectivity index (χ2v) is 5.79. The molecule has 2 aromatic heterocycles. The van der Waals surface area contributed by atoms with E-state index in [-0.39, 0.29) is 11.6 Å². The quantitative estimate of drug-likeness (QED) is 0.681. The summed E-state index contributed by atoms with van der Waals surface area (Å²) in [5.41, 5.74) is 1.49. The Morgan fingerprint density at radius 2 is 2.04 bits per heavy atom.